The van der Waals surface area contributed by atoms with Crippen LogP contribution in [0.5, 0.6) is 0 Å². The predicted molar refractivity (Wildman–Crippen MR) is 93.4 cm³/mol. The number of nitrogens with zero attached hydrogens (tertiary/aromatic N) is 4. The average Bonchev–Trinajstić information content (AvgIpc) is 2.91. The van der Waals surface area contributed by atoms with Crippen LogP contribution in [0.2, 0.25) is 0 Å². The van der Waals surface area contributed by atoms with Crippen LogP contribution in [-0.4, -0.2) is 57.8 Å². The van der Waals surface area contributed by atoms with Gasteiger partial charge in [0.05, 0.1) is 18.9 Å². The van der Waals surface area contributed by atoms with Gasteiger partial charge in [0.2, 0.25) is 0 Å². The predicted octanol–water partition coefficient (Wildman–Crippen LogP) is 2.70. The molecule has 0 amide bonds. The molecule has 0 saturated carbocycles. The first-order valence-electron chi connectivity index (χ1n) is 8.09. The summed E-state index contributed by atoms with van der Waals surface area (Å²) >= 11 is 1.77. The number of hydrogen-bond acceptors (Lipinski definition) is 5. The summed E-state index contributed by atoms with van der Waals surface area (Å²) in [5.74, 6) is 1.94. The first kappa shape index (κ1) is 16.5. The minimum Gasteiger partial charge on any atom is -0.379 e. The van der Waals surface area contributed by atoms with Gasteiger partial charge >= 0.3 is 0 Å². The van der Waals surface area contributed by atoms with Crippen LogP contribution in [0.4, 0.5) is 0 Å². The van der Waals surface area contributed by atoms with Gasteiger partial charge in [-0.2, -0.15) is 0 Å². The summed E-state index contributed by atoms with van der Waals surface area (Å²) in [5, 5.41) is 9.61. The molecular weight excluding hydrogens is 308 g/mol. The van der Waals surface area contributed by atoms with Crippen LogP contribution in [0.15, 0.2) is 29.4 Å². The summed E-state index contributed by atoms with van der Waals surface area (Å²) in [6, 6.07) is 8.87. The molecule has 1 unspecified atom stereocenters. The number of rotatable bonds is 5. The van der Waals surface area contributed by atoms with Gasteiger partial charge in [0.25, 0.3) is 0 Å². The summed E-state index contributed by atoms with van der Waals surface area (Å²) < 4.78 is 7.65. The van der Waals surface area contributed by atoms with Crippen LogP contribution in [-0.2, 0) is 4.74 Å². The smallest absolute Gasteiger partial charge is 0.195 e. The summed E-state index contributed by atoms with van der Waals surface area (Å²) in [7, 11) is 0. The molecule has 1 aromatic heterocycles. The second-order valence-electron chi connectivity index (χ2n) is 5.96. The van der Waals surface area contributed by atoms with Gasteiger partial charge in [0.15, 0.2) is 5.16 Å². The number of para-hydroxylation sites is 1. The quantitative estimate of drug-likeness (QED) is 0.788. The van der Waals surface area contributed by atoms with Crippen molar-refractivity contribution in [1.29, 1.82) is 0 Å². The molecule has 23 heavy (non-hydrogen) atoms. The normalized spacial score (nSPS) is 19.2. The fourth-order valence-electron chi connectivity index (χ4n) is 2.88. The van der Waals surface area contributed by atoms with Gasteiger partial charge in [-0.1, -0.05) is 30.0 Å². The Kier molecular flexibility index (Phi) is 5.35. The Morgan fingerprint density at radius 1 is 1.26 bits per heavy atom. The van der Waals surface area contributed by atoms with Crippen molar-refractivity contribution in [3.8, 4) is 5.69 Å². The minimum atomic E-state index is 0.500. The van der Waals surface area contributed by atoms with E-state index in [2.05, 4.69) is 57.8 Å². The highest BCUT2D eigenvalue weighted by molar-refractivity contribution is 7.99. The molecule has 1 aliphatic rings. The van der Waals surface area contributed by atoms with E-state index in [9.17, 15) is 0 Å². The van der Waals surface area contributed by atoms with Crippen LogP contribution in [0.1, 0.15) is 18.3 Å². The van der Waals surface area contributed by atoms with Crippen molar-refractivity contribution in [1.82, 2.24) is 19.7 Å². The zero-order valence-electron chi connectivity index (χ0n) is 14.0. The van der Waals surface area contributed by atoms with Gasteiger partial charge in [0.1, 0.15) is 5.82 Å². The second kappa shape index (κ2) is 7.47. The zero-order valence-corrected chi connectivity index (χ0v) is 14.8. The molecule has 2 aromatic rings. The maximum Gasteiger partial charge on any atom is 0.195 e. The first-order chi connectivity index (χ1) is 11.2. The molecule has 3 rings (SSSR count). The molecule has 1 aliphatic heterocycles. The van der Waals surface area contributed by atoms with E-state index < -0.39 is 0 Å². The van der Waals surface area contributed by atoms with Gasteiger partial charge in [-0.05, 0) is 32.4 Å². The lowest BCUT2D eigenvalue weighted by Gasteiger charge is -2.32. The van der Waals surface area contributed by atoms with Crippen LogP contribution in [0.25, 0.3) is 5.69 Å². The monoisotopic (exact) mass is 332 g/mol. The van der Waals surface area contributed by atoms with Crippen molar-refractivity contribution >= 4 is 11.8 Å². The molecule has 0 N–H and O–H groups in total. The molecule has 1 atom stereocenters. The van der Waals surface area contributed by atoms with Gasteiger partial charge in [-0.15, -0.1) is 10.2 Å². The molecule has 0 bridgehead atoms. The third-order valence-corrected chi connectivity index (χ3v) is 5.18. The first-order valence-corrected chi connectivity index (χ1v) is 9.08. The molecule has 0 radical (unpaired) electrons. The van der Waals surface area contributed by atoms with Crippen molar-refractivity contribution in [3.05, 3.63) is 35.7 Å². The van der Waals surface area contributed by atoms with Crippen molar-refractivity contribution in [2.24, 2.45) is 0 Å². The maximum atomic E-state index is 5.50. The van der Waals surface area contributed by atoms with Crippen LogP contribution in [0, 0.1) is 13.8 Å². The standard InChI is InChI=1S/C17H24N4OS/c1-13-6-4-5-7-16(13)21-15(3)18-19-17(21)23-11-9-20-8-10-22-12-14(20)2/h4-7,14H,8-12H2,1-3H3. The molecule has 1 aromatic carbocycles. The van der Waals surface area contributed by atoms with Crippen LogP contribution in [0.3, 0.4) is 0 Å². The molecule has 124 valence electrons. The second-order valence-corrected chi connectivity index (χ2v) is 7.02. The van der Waals surface area contributed by atoms with Gasteiger partial charge < -0.3 is 4.74 Å². The Morgan fingerprint density at radius 2 is 2.09 bits per heavy atom. The van der Waals surface area contributed by atoms with E-state index in [4.69, 9.17) is 4.74 Å². The van der Waals surface area contributed by atoms with Crippen LogP contribution < -0.4 is 0 Å². The molecule has 0 spiro atoms. The van der Waals surface area contributed by atoms with E-state index in [0.29, 0.717) is 6.04 Å². The number of hydrogen-bond donors (Lipinski definition) is 0. The third kappa shape index (κ3) is 3.76. The summed E-state index contributed by atoms with van der Waals surface area (Å²) in [4.78, 5) is 2.48. The number of aromatic nitrogens is 3. The highest BCUT2D eigenvalue weighted by Crippen LogP contribution is 2.24. The van der Waals surface area contributed by atoms with Crippen molar-refractivity contribution in [2.75, 3.05) is 32.1 Å². The third-order valence-electron chi connectivity index (χ3n) is 4.27. The summed E-state index contributed by atoms with van der Waals surface area (Å²) in [6.07, 6.45) is 0. The Morgan fingerprint density at radius 3 is 2.87 bits per heavy atom. The Bertz CT molecular complexity index is 658. The van der Waals surface area contributed by atoms with Crippen LogP contribution >= 0.6 is 11.8 Å². The number of benzene rings is 1. The Balaban J connectivity index is 1.68. The molecule has 0 aliphatic carbocycles. The lowest BCUT2D eigenvalue weighted by atomic mass is 10.2. The number of thioether (sulfide) groups is 1. The highest BCUT2D eigenvalue weighted by Gasteiger charge is 2.19. The molecule has 6 heteroatoms. The van der Waals surface area contributed by atoms with Crippen molar-refractivity contribution in [3.63, 3.8) is 0 Å². The van der Waals surface area contributed by atoms with Gasteiger partial charge in [0, 0.05) is 24.9 Å². The molecule has 1 fully saturated rings. The lowest BCUT2D eigenvalue weighted by Crippen LogP contribution is -2.44. The Labute approximate surface area is 142 Å². The van der Waals surface area contributed by atoms with E-state index in [-0.39, 0.29) is 0 Å². The molecule has 2 heterocycles. The van der Waals surface area contributed by atoms with E-state index >= 15 is 0 Å². The Hall–Kier alpha value is -1.37. The average molecular weight is 332 g/mol. The van der Waals surface area contributed by atoms with E-state index in [1.54, 1.807) is 11.8 Å². The summed E-state index contributed by atoms with van der Waals surface area (Å²) in [5.41, 5.74) is 2.40. The van der Waals surface area contributed by atoms with E-state index in [1.165, 1.54) is 5.56 Å². The number of ether oxygens (including phenoxy) is 1. The van der Waals surface area contributed by atoms with Crippen molar-refractivity contribution in [2.45, 2.75) is 32.0 Å². The largest absolute Gasteiger partial charge is 0.379 e. The molecule has 1 saturated heterocycles. The number of aryl methyl sites for hydroxylation is 2. The van der Waals surface area contributed by atoms with E-state index in [1.807, 2.05) is 6.92 Å². The van der Waals surface area contributed by atoms with Gasteiger partial charge in [-0.3, -0.25) is 9.47 Å². The fourth-order valence-corrected chi connectivity index (χ4v) is 3.84. The van der Waals surface area contributed by atoms with Gasteiger partial charge in [-0.25, -0.2) is 0 Å². The lowest BCUT2D eigenvalue weighted by molar-refractivity contribution is 0.00298. The fraction of sp³-hybridized carbons (Fsp3) is 0.529. The zero-order chi connectivity index (χ0) is 16.2. The van der Waals surface area contributed by atoms with Crippen molar-refractivity contribution < 1.29 is 4.74 Å². The topological polar surface area (TPSA) is 43.2 Å². The van der Waals surface area contributed by atoms with E-state index in [0.717, 1.165) is 48.7 Å². The minimum absolute atomic E-state index is 0.500. The maximum absolute atomic E-state index is 5.50. The molecule has 5 nitrogen and oxygen atoms in total. The summed E-state index contributed by atoms with van der Waals surface area (Å²) in [6.45, 7) is 10.1. The SMILES string of the molecule is Cc1ccccc1-n1c(C)nnc1SCCN1CCOCC1C. The number of morpholine rings is 1. The highest BCUT2D eigenvalue weighted by atomic mass is 32.2. The molecular formula is C17H24N4OS.